The lowest BCUT2D eigenvalue weighted by atomic mass is 9.96. The van der Waals surface area contributed by atoms with Crippen LogP contribution in [0.15, 0.2) is 40.9 Å². The maximum Gasteiger partial charge on any atom is 0.257 e. The second-order valence-electron chi connectivity index (χ2n) is 4.84. The van der Waals surface area contributed by atoms with Gasteiger partial charge in [-0.05, 0) is 39.7 Å². The number of carbonyl (C=O) groups excluding carboxylic acids is 1. The highest BCUT2D eigenvalue weighted by Crippen LogP contribution is 2.47. The quantitative estimate of drug-likeness (QED) is 0.719. The molecule has 2 heterocycles. The standard InChI is InChI=1S/C15H9BrClNO2/c16-12-6-8(17)5-11-13-9-3-1-2-4-10(9)15(19)18(13)7-20-14(11)12/h1-6,13H,7H2. The average molecular weight is 351 g/mol. The van der Waals surface area contributed by atoms with Gasteiger partial charge in [0.25, 0.3) is 5.91 Å². The minimum atomic E-state index is -0.113. The van der Waals surface area contributed by atoms with Crippen molar-refractivity contribution in [3.63, 3.8) is 0 Å². The molecule has 0 saturated carbocycles. The Labute approximate surface area is 129 Å². The number of hydrogen-bond donors (Lipinski definition) is 0. The molecule has 1 amide bonds. The van der Waals surface area contributed by atoms with Crippen LogP contribution in [0, 0.1) is 0 Å². The number of nitrogens with zero attached hydrogens (tertiary/aromatic N) is 1. The summed E-state index contributed by atoms with van der Waals surface area (Å²) >= 11 is 9.62. The van der Waals surface area contributed by atoms with Gasteiger partial charge in [-0.15, -0.1) is 0 Å². The monoisotopic (exact) mass is 349 g/mol. The number of amides is 1. The first kappa shape index (κ1) is 12.2. The van der Waals surface area contributed by atoms with Crippen LogP contribution in [0.4, 0.5) is 0 Å². The average Bonchev–Trinajstić information content (AvgIpc) is 2.73. The van der Waals surface area contributed by atoms with Gasteiger partial charge in [-0.3, -0.25) is 9.69 Å². The molecule has 3 nitrogen and oxygen atoms in total. The molecule has 2 aliphatic rings. The van der Waals surface area contributed by atoms with Crippen LogP contribution in [0.25, 0.3) is 0 Å². The van der Waals surface area contributed by atoms with Crippen molar-refractivity contribution in [2.45, 2.75) is 6.04 Å². The van der Waals surface area contributed by atoms with E-state index in [2.05, 4.69) is 15.9 Å². The second kappa shape index (κ2) is 4.24. The number of halogens is 2. The summed E-state index contributed by atoms with van der Waals surface area (Å²) in [5, 5.41) is 0.623. The van der Waals surface area contributed by atoms with Crippen LogP contribution in [-0.2, 0) is 0 Å². The van der Waals surface area contributed by atoms with E-state index in [-0.39, 0.29) is 18.7 Å². The second-order valence-corrected chi connectivity index (χ2v) is 6.13. The Bertz CT molecular complexity index is 747. The molecule has 2 aliphatic heterocycles. The minimum absolute atomic E-state index is 0.00680. The maximum atomic E-state index is 12.4. The van der Waals surface area contributed by atoms with Gasteiger partial charge in [0.05, 0.1) is 10.5 Å². The van der Waals surface area contributed by atoms with E-state index in [1.807, 2.05) is 30.3 Å². The number of hydrogen-bond acceptors (Lipinski definition) is 2. The van der Waals surface area contributed by atoms with Crippen molar-refractivity contribution in [3.05, 3.63) is 62.6 Å². The number of rotatable bonds is 0. The predicted molar refractivity (Wildman–Crippen MR) is 79.1 cm³/mol. The number of ether oxygens (including phenoxy) is 1. The molecule has 5 heteroatoms. The molecule has 2 aromatic rings. The molecule has 2 aromatic carbocycles. The number of benzene rings is 2. The first-order chi connectivity index (χ1) is 9.66. The third-order valence-corrected chi connectivity index (χ3v) is 4.55. The summed E-state index contributed by atoms with van der Waals surface area (Å²) < 4.78 is 6.54. The van der Waals surface area contributed by atoms with Crippen molar-refractivity contribution in [2.75, 3.05) is 6.73 Å². The Morgan fingerprint density at radius 3 is 2.90 bits per heavy atom. The zero-order valence-corrected chi connectivity index (χ0v) is 12.6. The fraction of sp³-hybridized carbons (Fsp3) is 0.133. The van der Waals surface area contributed by atoms with Gasteiger partial charge in [-0.25, -0.2) is 0 Å². The van der Waals surface area contributed by atoms with E-state index in [1.54, 1.807) is 11.0 Å². The Hall–Kier alpha value is -1.52. The van der Waals surface area contributed by atoms with Crippen LogP contribution in [0.2, 0.25) is 5.02 Å². The molecule has 0 radical (unpaired) electrons. The van der Waals surface area contributed by atoms with E-state index in [0.29, 0.717) is 5.02 Å². The SMILES string of the molecule is O=C1c2ccccc2C2c3cc(Cl)cc(Br)c3OCN12. The summed E-state index contributed by atoms with van der Waals surface area (Å²) in [7, 11) is 0. The van der Waals surface area contributed by atoms with E-state index in [1.165, 1.54) is 0 Å². The van der Waals surface area contributed by atoms with E-state index in [0.717, 1.165) is 26.9 Å². The first-order valence-electron chi connectivity index (χ1n) is 6.18. The Morgan fingerprint density at radius 1 is 1.25 bits per heavy atom. The molecule has 0 N–H and O–H groups in total. The molecule has 100 valence electrons. The summed E-state index contributed by atoms with van der Waals surface area (Å²) in [5.74, 6) is 0.771. The fourth-order valence-electron chi connectivity index (χ4n) is 2.91. The highest BCUT2D eigenvalue weighted by Gasteiger charge is 2.42. The molecule has 0 aliphatic carbocycles. The normalized spacial score (nSPS) is 19.2. The summed E-state index contributed by atoms with van der Waals surface area (Å²) in [6.45, 7) is 0.255. The first-order valence-corrected chi connectivity index (χ1v) is 7.35. The van der Waals surface area contributed by atoms with Gasteiger partial charge in [0.15, 0.2) is 6.73 Å². The predicted octanol–water partition coefficient (Wildman–Crippen LogP) is 4.00. The summed E-state index contributed by atoms with van der Waals surface area (Å²) in [6, 6.07) is 11.2. The molecule has 0 fully saturated rings. The summed E-state index contributed by atoms with van der Waals surface area (Å²) in [6.07, 6.45) is 0. The van der Waals surface area contributed by atoms with Crippen LogP contribution in [-0.4, -0.2) is 17.5 Å². The molecular formula is C15H9BrClNO2. The lowest BCUT2D eigenvalue weighted by molar-refractivity contribution is 0.0496. The van der Waals surface area contributed by atoms with Crippen LogP contribution >= 0.6 is 27.5 Å². The Balaban J connectivity index is 1.99. The third-order valence-electron chi connectivity index (χ3n) is 3.74. The minimum Gasteiger partial charge on any atom is -0.471 e. The van der Waals surface area contributed by atoms with Gasteiger partial charge in [-0.1, -0.05) is 29.8 Å². The van der Waals surface area contributed by atoms with Crippen molar-refractivity contribution in [1.29, 1.82) is 0 Å². The zero-order valence-electron chi connectivity index (χ0n) is 10.3. The van der Waals surface area contributed by atoms with Crippen LogP contribution in [0.3, 0.4) is 0 Å². The van der Waals surface area contributed by atoms with Gasteiger partial charge in [-0.2, -0.15) is 0 Å². The summed E-state index contributed by atoms with van der Waals surface area (Å²) in [4.78, 5) is 14.1. The fourth-order valence-corrected chi connectivity index (χ4v) is 3.86. The topological polar surface area (TPSA) is 29.5 Å². The molecule has 1 unspecified atom stereocenters. The smallest absolute Gasteiger partial charge is 0.257 e. The molecule has 4 rings (SSSR count). The van der Waals surface area contributed by atoms with Gasteiger partial charge < -0.3 is 4.74 Å². The Kier molecular flexibility index (Phi) is 2.59. The van der Waals surface area contributed by atoms with Crippen molar-refractivity contribution < 1.29 is 9.53 Å². The third kappa shape index (κ3) is 1.55. The molecule has 0 aromatic heterocycles. The molecule has 0 bridgehead atoms. The van der Waals surface area contributed by atoms with Gasteiger partial charge in [0.1, 0.15) is 5.75 Å². The number of fused-ring (bicyclic) bond motifs is 5. The van der Waals surface area contributed by atoms with Crippen LogP contribution in [0.5, 0.6) is 5.75 Å². The molecule has 1 atom stereocenters. The molecule has 20 heavy (non-hydrogen) atoms. The van der Waals surface area contributed by atoms with E-state index >= 15 is 0 Å². The summed E-state index contributed by atoms with van der Waals surface area (Å²) in [5.41, 5.74) is 2.68. The van der Waals surface area contributed by atoms with Crippen molar-refractivity contribution in [1.82, 2.24) is 4.90 Å². The van der Waals surface area contributed by atoms with Crippen molar-refractivity contribution in [3.8, 4) is 5.75 Å². The maximum absolute atomic E-state index is 12.4. The van der Waals surface area contributed by atoms with E-state index < -0.39 is 0 Å². The van der Waals surface area contributed by atoms with Crippen LogP contribution < -0.4 is 4.74 Å². The molecular weight excluding hydrogens is 342 g/mol. The largest absolute Gasteiger partial charge is 0.471 e. The zero-order chi connectivity index (χ0) is 13.9. The van der Waals surface area contributed by atoms with E-state index in [4.69, 9.17) is 16.3 Å². The van der Waals surface area contributed by atoms with Crippen LogP contribution in [0.1, 0.15) is 27.5 Å². The van der Waals surface area contributed by atoms with E-state index in [9.17, 15) is 4.79 Å². The molecule has 0 saturated heterocycles. The number of carbonyl (C=O) groups is 1. The van der Waals surface area contributed by atoms with Crippen molar-refractivity contribution in [2.24, 2.45) is 0 Å². The lowest BCUT2D eigenvalue weighted by Gasteiger charge is -2.33. The Morgan fingerprint density at radius 2 is 2.05 bits per heavy atom. The highest BCUT2D eigenvalue weighted by atomic mass is 79.9. The van der Waals surface area contributed by atoms with Gasteiger partial charge in [0.2, 0.25) is 0 Å². The molecule has 0 spiro atoms. The highest BCUT2D eigenvalue weighted by molar-refractivity contribution is 9.10. The van der Waals surface area contributed by atoms with Gasteiger partial charge in [0, 0.05) is 16.1 Å². The van der Waals surface area contributed by atoms with Gasteiger partial charge >= 0.3 is 0 Å². The van der Waals surface area contributed by atoms with Crippen molar-refractivity contribution >= 4 is 33.4 Å². The lowest BCUT2D eigenvalue weighted by Crippen LogP contribution is -2.36.